The first-order valence-corrected chi connectivity index (χ1v) is 8.10. The van der Waals surface area contributed by atoms with Crippen LogP contribution in [-0.2, 0) is 0 Å². The molecule has 0 rings (SSSR count). The van der Waals surface area contributed by atoms with Crippen molar-refractivity contribution in [1.82, 2.24) is 0 Å². The van der Waals surface area contributed by atoms with E-state index in [0.29, 0.717) is 0 Å². The van der Waals surface area contributed by atoms with Crippen LogP contribution in [0, 0.1) is 0 Å². The Kier molecular flexibility index (Phi) is 20.9. The number of hydrogen-bond donors (Lipinski definition) is 0. The molecular formula is C14H31BrO. The molecule has 0 fully saturated rings. The van der Waals surface area contributed by atoms with Crippen LogP contribution in [0.5, 0.6) is 0 Å². The Hall–Kier alpha value is 0.440. The first-order valence-electron chi connectivity index (χ1n) is 6.97. The van der Waals surface area contributed by atoms with Gasteiger partial charge in [-0.1, -0.05) is 93.5 Å². The Labute approximate surface area is 111 Å². The van der Waals surface area contributed by atoms with Crippen molar-refractivity contribution in [3.05, 3.63) is 0 Å². The normalized spacial score (nSPS) is 10.1. The molecule has 0 bridgehead atoms. The van der Waals surface area contributed by atoms with Gasteiger partial charge in [0.1, 0.15) is 0 Å². The van der Waals surface area contributed by atoms with Gasteiger partial charge in [-0.2, -0.15) is 0 Å². The second-order valence-corrected chi connectivity index (χ2v) is 5.37. The van der Waals surface area contributed by atoms with Gasteiger partial charge >= 0.3 is 0 Å². The molecule has 0 saturated heterocycles. The maximum atomic E-state index is 3.47. The van der Waals surface area contributed by atoms with Gasteiger partial charge in [-0.15, -0.1) is 0 Å². The fraction of sp³-hybridized carbons (Fsp3) is 1.00. The van der Waals surface area contributed by atoms with Crippen molar-refractivity contribution < 1.29 is 5.48 Å². The minimum atomic E-state index is 0. The molecule has 0 aromatic rings. The summed E-state index contributed by atoms with van der Waals surface area (Å²) < 4.78 is 0. The molecular weight excluding hydrogens is 264 g/mol. The van der Waals surface area contributed by atoms with E-state index in [1.54, 1.807) is 0 Å². The maximum absolute atomic E-state index is 3.47. The number of rotatable bonds is 12. The third-order valence-electron chi connectivity index (χ3n) is 2.99. The molecule has 1 nitrogen and oxygen atoms in total. The second-order valence-electron chi connectivity index (χ2n) is 4.58. The Morgan fingerprint density at radius 1 is 0.562 bits per heavy atom. The van der Waals surface area contributed by atoms with Crippen LogP contribution in [0.3, 0.4) is 0 Å². The molecule has 0 aliphatic rings. The van der Waals surface area contributed by atoms with Gasteiger partial charge in [0.2, 0.25) is 0 Å². The highest BCUT2D eigenvalue weighted by atomic mass is 79.9. The summed E-state index contributed by atoms with van der Waals surface area (Å²) in [5.41, 5.74) is 0. The molecule has 100 valence electrons. The van der Waals surface area contributed by atoms with E-state index in [0.717, 1.165) is 0 Å². The average molecular weight is 295 g/mol. The van der Waals surface area contributed by atoms with E-state index < -0.39 is 0 Å². The molecule has 0 radical (unpaired) electrons. The summed E-state index contributed by atoms with van der Waals surface area (Å²) in [5.74, 6) is 0. The van der Waals surface area contributed by atoms with Gasteiger partial charge in [0, 0.05) is 5.33 Å². The summed E-state index contributed by atoms with van der Waals surface area (Å²) in [5, 5.41) is 1.18. The number of hydrogen-bond acceptors (Lipinski definition) is 0. The molecule has 0 unspecified atom stereocenters. The zero-order valence-electron chi connectivity index (χ0n) is 11.1. The van der Waals surface area contributed by atoms with Crippen LogP contribution in [0.4, 0.5) is 0 Å². The fourth-order valence-electron chi connectivity index (χ4n) is 1.94. The third-order valence-corrected chi connectivity index (χ3v) is 3.55. The molecule has 2 N–H and O–H groups in total. The maximum Gasteiger partial charge on any atom is 0.00313 e. The summed E-state index contributed by atoms with van der Waals surface area (Å²) in [6.07, 6.45) is 17.3. The van der Waals surface area contributed by atoms with Crippen molar-refractivity contribution in [1.29, 1.82) is 0 Å². The zero-order chi connectivity index (χ0) is 11.2. The highest BCUT2D eigenvalue weighted by Gasteiger charge is 1.92. The van der Waals surface area contributed by atoms with E-state index in [9.17, 15) is 0 Å². The van der Waals surface area contributed by atoms with Gasteiger partial charge in [0.15, 0.2) is 0 Å². The first kappa shape index (κ1) is 18.8. The van der Waals surface area contributed by atoms with Crippen LogP contribution >= 0.6 is 15.9 Å². The monoisotopic (exact) mass is 294 g/mol. The van der Waals surface area contributed by atoms with Crippen molar-refractivity contribution in [2.24, 2.45) is 0 Å². The van der Waals surface area contributed by atoms with Gasteiger partial charge in [-0.3, -0.25) is 0 Å². The lowest BCUT2D eigenvalue weighted by Gasteiger charge is -2.01. The van der Waals surface area contributed by atoms with E-state index in [4.69, 9.17) is 0 Å². The molecule has 0 atom stereocenters. The Morgan fingerprint density at radius 2 is 0.875 bits per heavy atom. The summed E-state index contributed by atoms with van der Waals surface area (Å²) in [6.45, 7) is 2.28. The highest BCUT2D eigenvalue weighted by molar-refractivity contribution is 9.09. The minimum Gasteiger partial charge on any atom is -0.412 e. The second kappa shape index (κ2) is 17.8. The van der Waals surface area contributed by atoms with Crippen molar-refractivity contribution in [2.45, 2.75) is 84.0 Å². The van der Waals surface area contributed by atoms with E-state index in [-0.39, 0.29) is 5.48 Å². The standard InChI is InChI=1S/C14H29Br.H2O/c1-2-3-4-5-6-7-8-9-10-11-12-13-14-15;/h2-14H2,1H3;1H2. The van der Waals surface area contributed by atoms with Gasteiger partial charge < -0.3 is 5.48 Å². The summed E-state index contributed by atoms with van der Waals surface area (Å²) in [6, 6.07) is 0. The molecule has 16 heavy (non-hydrogen) atoms. The smallest absolute Gasteiger partial charge is 0.00313 e. The third kappa shape index (κ3) is 16.9. The van der Waals surface area contributed by atoms with Crippen molar-refractivity contribution in [3.63, 3.8) is 0 Å². The molecule has 0 aliphatic carbocycles. The Morgan fingerprint density at radius 3 is 1.19 bits per heavy atom. The lowest BCUT2D eigenvalue weighted by Crippen LogP contribution is -1.82. The molecule has 0 aromatic carbocycles. The average Bonchev–Trinajstić information content (AvgIpc) is 2.26. The van der Waals surface area contributed by atoms with Crippen LogP contribution in [0.25, 0.3) is 0 Å². The van der Waals surface area contributed by atoms with Gasteiger partial charge in [-0.25, -0.2) is 0 Å². The van der Waals surface area contributed by atoms with Crippen LogP contribution in [0.15, 0.2) is 0 Å². The molecule has 0 spiro atoms. The lowest BCUT2D eigenvalue weighted by molar-refractivity contribution is 0.548. The topological polar surface area (TPSA) is 31.5 Å². The van der Waals surface area contributed by atoms with Crippen LogP contribution in [-0.4, -0.2) is 10.8 Å². The van der Waals surface area contributed by atoms with E-state index in [1.807, 2.05) is 0 Å². The minimum absolute atomic E-state index is 0. The molecule has 2 heteroatoms. The van der Waals surface area contributed by atoms with Gasteiger partial charge in [-0.05, 0) is 6.42 Å². The predicted molar refractivity (Wildman–Crippen MR) is 78.5 cm³/mol. The largest absolute Gasteiger partial charge is 0.412 e. The van der Waals surface area contributed by atoms with Crippen molar-refractivity contribution in [3.8, 4) is 0 Å². The molecule has 0 heterocycles. The molecule has 0 amide bonds. The van der Waals surface area contributed by atoms with Gasteiger partial charge in [0.05, 0.1) is 0 Å². The van der Waals surface area contributed by atoms with Crippen LogP contribution < -0.4 is 0 Å². The van der Waals surface area contributed by atoms with Crippen LogP contribution in [0.2, 0.25) is 0 Å². The predicted octanol–water partition coefficient (Wildman–Crippen LogP) is 5.26. The Balaban J connectivity index is 0. The summed E-state index contributed by atoms with van der Waals surface area (Å²) >= 11 is 3.47. The van der Waals surface area contributed by atoms with Crippen LogP contribution in [0.1, 0.15) is 84.0 Å². The van der Waals surface area contributed by atoms with Crippen molar-refractivity contribution >= 4 is 15.9 Å². The number of alkyl halides is 1. The molecule has 0 aromatic heterocycles. The fourth-order valence-corrected chi connectivity index (χ4v) is 2.33. The molecule has 0 saturated carbocycles. The summed E-state index contributed by atoms with van der Waals surface area (Å²) in [7, 11) is 0. The quantitative estimate of drug-likeness (QED) is 0.347. The number of unbranched alkanes of at least 4 members (excludes halogenated alkanes) is 11. The van der Waals surface area contributed by atoms with Gasteiger partial charge in [0.25, 0.3) is 0 Å². The van der Waals surface area contributed by atoms with Crippen molar-refractivity contribution in [2.75, 3.05) is 5.33 Å². The summed E-state index contributed by atoms with van der Waals surface area (Å²) in [4.78, 5) is 0. The van der Waals surface area contributed by atoms with E-state index in [1.165, 1.54) is 82.4 Å². The molecule has 0 aliphatic heterocycles. The SMILES string of the molecule is CCCCCCCCCCCCCCBr.O. The Bertz CT molecular complexity index is 94.9. The van der Waals surface area contributed by atoms with E-state index >= 15 is 0 Å². The first-order chi connectivity index (χ1) is 7.41. The zero-order valence-corrected chi connectivity index (χ0v) is 12.7. The number of halogens is 1. The van der Waals surface area contributed by atoms with E-state index in [2.05, 4.69) is 22.9 Å². The highest BCUT2D eigenvalue weighted by Crippen LogP contribution is 2.11. The lowest BCUT2D eigenvalue weighted by atomic mass is 10.1.